The van der Waals surface area contributed by atoms with Crippen LogP contribution in [0.25, 0.3) is 10.9 Å². The van der Waals surface area contributed by atoms with Crippen molar-refractivity contribution >= 4 is 34.4 Å². The maximum absolute atomic E-state index is 13.6. The van der Waals surface area contributed by atoms with Gasteiger partial charge in [-0.2, -0.15) is 0 Å². The van der Waals surface area contributed by atoms with Crippen molar-refractivity contribution in [1.82, 2.24) is 15.3 Å². The van der Waals surface area contributed by atoms with Crippen molar-refractivity contribution in [1.29, 1.82) is 0 Å². The predicted molar refractivity (Wildman–Crippen MR) is 158 cm³/mol. The Hall–Kier alpha value is -5.45. The summed E-state index contributed by atoms with van der Waals surface area (Å²) in [7, 11) is 0. The van der Waals surface area contributed by atoms with Crippen LogP contribution in [-0.4, -0.2) is 56.3 Å². The van der Waals surface area contributed by atoms with Crippen LogP contribution in [0.2, 0.25) is 0 Å². The lowest BCUT2D eigenvalue weighted by Crippen LogP contribution is -2.42. The van der Waals surface area contributed by atoms with Crippen LogP contribution in [0.3, 0.4) is 0 Å². The summed E-state index contributed by atoms with van der Waals surface area (Å²) >= 11 is 0. The molecule has 3 aromatic rings. The molecule has 2 heterocycles. The fourth-order valence-electron chi connectivity index (χ4n) is 5.77. The molecule has 4 N–H and O–H groups in total. The van der Waals surface area contributed by atoms with Gasteiger partial charge >= 0.3 is 11.9 Å². The first-order chi connectivity index (χ1) is 21.1. The molecule has 0 saturated heterocycles. The molecule has 226 valence electrons. The molecular formula is C30H30N8O6. The molecule has 0 unspecified atom stereocenters. The van der Waals surface area contributed by atoms with Crippen LogP contribution in [-0.2, 0) is 16.0 Å². The van der Waals surface area contributed by atoms with E-state index in [-0.39, 0.29) is 49.4 Å². The van der Waals surface area contributed by atoms with E-state index in [4.69, 9.17) is 11.5 Å². The Morgan fingerprint density at radius 3 is 2.64 bits per heavy atom. The molecule has 0 radical (unpaired) electrons. The zero-order valence-corrected chi connectivity index (χ0v) is 23.9. The summed E-state index contributed by atoms with van der Waals surface area (Å²) in [6, 6.07) is 8.95. The van der Waals surface area contributed by atoms with Gasteiger partial charge in [0.05, 0.1) is 34.7 Å². The van der Waals surface area contributed by atoms with Crippen LogP contribution in [0.15, 0.2) is 61.9 Å². The zero-order chi connectivity index (χ0) is 31.4. The fourth-order valence-corrected chi connectivity index (χ4v) is 5.77. The van der Waals surface area contributed by atoms with Crippen LogP contribution in [0.4, 0.5) is 5.69 Å². The second kappa shape index (κ2) is 12.4. The lowest BCUT2D eigenvalue weighted by atomic mass is 9.96. The van der Waals surface area contributed by atoms with E-state index in [9.17, 15) is 24.3 Å². The first-order valence-electron chi connectivity index (χ1n) is 14.0. The third-order valence-corrected chi connectivity index (χ3v) is 7.90. The molecule has 1 aliphatic heterocycles. The monoisotopic (exact) mass is 598 g/mol. The average molecular weight is 599 g/mol. The molecule has 44 heavy (non-hydrogen) atoms. The third kappa shape index (κ3) is 6.17. The minimum absolute atomic E-state index is 0.00964. The Balaban J connectivity index is 1.41. The second-order valence-corrected chi connectivity index (χ2v) is 10.8. The number of carboxylic acids is 2. The number of rotatable bonds is 12. The van der Waals surface area contributed by atoms with Crippen molar-refractivity contribution in [2.24, 2.45) is 20.7 Å². The lowest BCUT2D eigenvalue weighted by molar-refractivity contribution is -0.140. The summed E-state index contributed by atoms with van der Waals surface area (Å²) in [6.07, 6.45) is 6.82. The standard InChI is InChI=1S/C30H30N8O6/c1-3-14-38(25-9-8-18-15-23-21(16-20(18)25)28(42)32-17(2)31-23)24-7-5-4-6-19(24)27(41)33-22(29(43)44)10-12-30(13-11-26(39)40)34-36-37-35-30/h1,4-7,15-16,22,25H,8-14H2,2H3,(H,33,41)(H,39,40)(H,43,44)(H,31,32,42)/t22-,25+/m0/s1. The molecule has 1 aromatic heterocycles. The van der Waals surface area contributed by atoms with Crippen molar-refractivity contribution in [3.63, 3.8) is 0 Å². The number of hydrogen-bond donors (Lipinski definition) is 4. The third-order valence-electron chi connectivity index (χ3n) is 7.90. The van der Waals surface area contributed by atoms with Gasteiger partial charge < -0.3 is 25.4 Å². The molecule has 0 saturated carbocycles. The molecule has 5 rings (SSSR count). The van der Waals surface area contributed by atoms with Crippen molar-refractivity contribution in [2.75, 3.05) is 11.4 Å². The van der Waals surface area contributed by atoms with Gasteiger partial charge in [0.2, 0.25) is 0 Å². The molecule has 0 bridgehead atoms. The highest BCUT2D eigenvalue weighted by Crippen LogP contribution is 2.40. The molecule has 0 fully saturated rings. The van der Waals surface area contributed by atoms with E-state index >= 15 is 0 Å². The number of carboxylic acid groups (broad SMARTS) is 2. The first kappa shape index (κ1) is 30.0. The number of carbonyl (C=O) groups excluding carboxylic acids is 1. The Morgan fingerprint density at radius 1 is 1.18 bits per heavy atom. The summed E-state index contributed by atoms with van der Waals surface area (Å²) in [6.45, 7) is 1.88. The van der Waals surface area contributed by atoms with E-state index in [0.29, 0.717) is 28.8 Å². The number of amides is 1. The lowest BCUT2D eigenvalue weighted by Gasteiger charge is -2.32. The fraction of sp³-hybridized carbons (Fsp3) is 0.367. The van der Waals surface area contributed by atoms with Crippen LogP contribution in [0.5, 0.6) is 0 Å². The van der Waals surface area contributed by atoms with Crippen molar-refractivity contribution in [3.8, 4) is 12.3 Å². The van der Waals surface area contributed by atoms with Gasteiger partial charge in [-0.1, -0.05) is 18.1 Å². The van der Waals surface area contributed by atoms with Gasteiger partial charge in [-0.05, 0) is 78.4 Å². The number of nitrogens with one attached hydrogen (secondary N) is 2. The number of aromatic amines is 1. The molecule has 14 nitrogen and oxygen atoms in total. The van der Waals surface area contributed by atoms with Crippen LogP contribution in [0.1, 0.15) is 65.5 Å². The molecule has 1 aliphatic carbocycles. The number of anilines is 1. The Labute approximate surface area is 251 Å². The summed E-state index contributed by atoms with van der Waals surface area (Å²) in [5.74, 6) is 0.232. The van der Waals surface area contributed by atoms with Gasteiger partial charge in [0.25, 0.3) is 11.5 Å². The topological polar surface area (TPSA) is 202 Å². The maximum atomic E-state index is 13.6. The highest BCUT2D eigenvalue weighted by Gasteiger charge is 2.36. The zero-order valence-electron chi connectivity index (χ0n) is 23.9. The van der Waals surface area contributed by atoms with E-state index < -0.39 is 29.6 Å². The molecule has 14 heteroatoms. The summed E-state index contributed by atoms with van der Waals surface area (Å²) in [4.78, 5) is 58.7. The number of nitrogens with zero attached hydrogens (tertiary/aromatic N) is 6. The minimum atomic E-state index is -1.33. The van der Waals surface area contributed by atoms with Gasteiger partial charge in [0, 0.05) is 12.8 Å². The minimum Gasteiger partial charge on any atom is -0.481 e. The number of terminal acetylenes is 1. The van der Waals surface area contributed by atoms with Crippen LogP contribution >= 0.6 is 0 Å². The molecule has 2 aromatic carbocycles. The van der Waals surface area contributed by atoms with Crippen molar-refractivity contribution < 1.29 is 24.6 Å². The number of benzene rings is 2. The summed E-state index contributed by atoms with van der Waals surface area (Å²) in [5.41, 5.74) is 1.75. The van der Waals surface area contributed by atoms with E-state index in [1.165, 1.54) is 0 Å². The number of hydrogen-bond acceptors (Lipinski definition) is 10. The van der Waals surface area contributed by atoms with E-state index in [0.717, 1.165) is 17.5 Å². The van der Waals surface area contributed by atoms with Crippen molar-refractivity contribution in [2.45, 2.75) is 63.2 Å². The number of para-hydroxylation sites is 1. The number of aryl methyl sites for hydroxylation is 2. The number of aliphatic carboxylic acids is 2. The maximum Gasteiger partial charge on any atom is 0.326 e. The highest BCUT2D eigenvalue weighted by atomic mass is 16.4. The Bertz CT molecular complexity index is 1780. The summed E-state index contributed by atoms with van der Waals surface area (Å²) in [5, 5.41) is 36.9. The van der Waals surface area contributed by atoms with Gasteiger partial charge in [0.15, 0.2) is 5.66 Å². The first-order valence-corrected chi connectivity index (χ1v) is 14.0. The highest BCUT2D eigenvalue weighted by molar-refractivity contribution is 6.01. The van der Waals surface area contributed by atoms with Gasteiger partial charge in [-0.15, -0.1) is 16.7 Å². The molecular weight excluding hydrogens is 568 g/mol. The van der Waals surface area contributed by atoms with E-state index in [2.05, 4.69) is 41.9 Å². The summed E-state index contributed by atoms with van der Waals surface area (Å²) < 4.78 is 0. The predicted octanol–water partition coefficient (Wildman–Crippen LogP) is 3.72. The second-order valence-electron chi connectivity index (χ2n) is 10.8. The molecule has 2 aliphatic rings. The van der Waals surface area contributed by atoms with Gasteiger partial charge in [0.1, 0.15) is 11.9 Å². The smallest absolute Gasteiger partial charge is 0.326 e. The Kier molecular flexibility index (Phi) is 8.48. The number of H-pyrrole nitrogens is 1. The van der Waals surface area contributed by atoms with Crippen molar-refractivity contribution in [3.05, 3.63) is 69.3 Å². The van der Waals surface area contributed by atoms with Crippen LogP contribution in [0, 0.1) is 19.3 Å². The van der Waals surface area contributed by atoms with Gasteiger partial charge in [-0.3, -0.25) is 14.4 Å². The quantitative estimate of drug-likeness (QED) is 0.226. The van der Waals surface area contributed by atoms with Crippen LogP contribution < -0.4 is 15.8 Å². The SMILES string of the molecule is C#CCN(c1ccccc1C(=O)N[C@@H](CCC1(CCC(=O)O)N=NN=N1)C(=O)O)[C@@H]1CCc2cc3nc(C)[nH]c(=O)c3cc21. The average Bonchev–Trinajstić information content (AvgIpc) is 3.63. The number of fused-ring (bicyclic) bond motifs is 2. The molecule has 1 amide bonds. The Morgan fingerprint density at radius 2 is 1.93 bits per heavy atom. The number of aromatic nitrogens is 2. The van der Waals surface area contributed by atoms with E-state index in [1.54, 1.807) is 31.2 Å². The molecule has 0 spiro atoms. The van der Waals surface area contributed by atoms with Gasteiger partial charge in [-0.25, -0.2) is 9.78 Å². The van der Waals surface area contributed by atoms with E-state index in [1.807, 2.05) is 17.0 Å². The number of carbonyl (C=O) groups is 3. The largest absolute Gasteiger partial charge is 0.481 e. The molecule has 2 atom stereocenters. The normalized spacial score (nSPS) is 16.8.